The number of rotatable bonds is 5. The molecular weight excluding hydrogens is 352 g/mol. The zero-order valence-corrected chi connectivity index (χ0v) is 16.4. The summed E-state index contributed by atoms with van der Waals surface area (Å²) < 4.78 is 0. The summed E-state index contributed by atoms with van der Waals surface area (Å²) in [5.74, 6) is 0.469. The zero-order chi connectivity index (χ0) is 19.6. The molecule has 2 bridgehead atoms. The minimum Gasteiger partial charge on any atom is -0.324 e. The Kier molecular flexibility index (Phi) is 3.97. The smallest absolute Gasteiger partial charge is 0.244 e. The molecule has 146 valence electrons. The molecule has 1 aromatic rings. The summed E-state index contributed by atoms with van der Waals surface area (Å²) in [7, 11) is 0. The van der Waals surface area contributed by atoms with Gasteiger partial charge >= 0.3 is 0 Å². The van der Waals surface area contributed by atoms with Crippen LogP contribution in [0.15, 0.2) is 30.4 Å². The van der Waals surface area contributed by atoms with Crippen molar-refractivity contribution in [1.82, 2.24) is 4.90 Å². The summed E-state index contributed by atoms with van der Waals surface area (Å²) in [6.07, 6.45) is 7.07. The first-order valence-electron chi connectivity index (χ1n) is 10.5. The highest BCUT2D eigenvalue weighted by Gasteiger charge is 2.67. The number of aryl methyl sites for hydroxylation is 2. The fourth-order valence-electron chi connectivity index (χ4n) is 5.90. The van der Waals surface area contributed by atoms with Crippen LogP contribution in [0.3, 0.4) is 0 Å². The van der Waals surface area contributed by atoms with E-state index in [-0.39, 0.29) is 47.9 Å². The molecular formula is C23H26N2O3. The first-order valence-corrected chi connectivity index (χ1v) is 10.5. The molecule has 0 spiro atoms. The Morgan fingerprint density at radius 1 is 1.00 bits per heavy atom. The molecule has 1 saturated heterocycles. The Morgan fingerprint density at radius 3 is 2.04 bits per heavy atom. The summed E-state index contributed by atoms with van der Waals surface area (Å²) in [5, 5.41) is 2.99. The van der Waals surface area contributed by atoms with Crippen molar-refractivity contribution in [3.63, 3.8) is 0 Å². The Morgan fingerprint density at radius 2 is 1.54 bits per heavy atom. The fourth-order valence-corrected chi connectivity index (χ4v) is 5.90. The van der Waals surface area contributed by atoms with Crippen molar-refractivity contribution < 1.29 is 14.4 Å². The van der Waals surface area contributed by atoms with Gasteiger partial charge in [-0.3, -0.25) is 19.3 Å². The van der Waals surface area contributed by atoms with Gasteiger partial charge in [-0.25, -0.2) is 0 Å². The topological polar surface area (TPSA) is 66.5 Å². The van der Waals surface area contributed by atoms with Crippen molar-refractivity contribution in [1.29, 1.82) is 0 Å². The molecule has 5 nitrogen and oxygen atoms in total. The van der Waals surface area contributed by atoms with Gasteiger partial charge in [-0.2, -0.15) is 0 Å². The Balaban J connectivity index is 1.35. The van der Waals surface area contributed by atoms with E-state index in [0.717, 1.165) is 36.1 Å². The molecule has 0 aromatic heterocycles. The highest BCUT2D eigenvalue weighted by Crippen LogP contribution is 2.65. The van der Waals surface area contributed by atoms with E-state index in [2.05, 4.69) is 31.3 Å². The monoisotopic (exact) mass is 378 g/mol. The maximum atomic E-state index is 13.0. The van der Waals surface area contributed by atoms with Crippen molar-refractivity contribution in [3.05, 3.63) is 41.5 Å². The van der Waals surface area contributed by atoms with Crippen LogP contribution < -0.4 is 5.32 Å². The molecule has 0 unspecified atom stereocenters. The van der Waals surface area contributed by atoms with E-state index in [1.165, 1.54) is 4.90 Å². The molecule has 4 aliphatic carbocycles. The number of nitrogens with one attached hydrogen (secondary N) is 1. The maximum absolute atomic E-state index is 13.0. The second-order valence-electron chi connectivity index (χ2n) is 8.62. The van der Waals surface area contributed by atoms with E-state index in [1.807, 2.05) is 18.2 Å². The lowest BCUT2D eigenvalue weighted by Crippen LogP contribution is -2.40. The van der Waals surface area contributed by atoms with Gasteiger partial charge in [-0.15, -0.1) is 0 Å². The Labute approximate surface area is 165 Å². The van der Waals surface area contributed by atoms with E-state index in [4.69, 9.17) is 0 Å². The Bertz CT molecular complexity index is 847. The molecule has 2 saturated carbocycles. The standard InChI is InChI=1S/C23H26N2O3/c1-3-12-6-5-7-13(4-2)21(12)24-18(26)11-25-22(27)19-14-8-9-15(17-10-16(14)17)20(19)23(25)28/h5-9,14-17,19-20H,3-4,10-11H2,1-2H3,(H,24,26)/t14-,15-,16-,17+,19+,20+/m0/s1. The first-order chi connectivity index (χ1) is 13.5. The zero-order valence-electron chi connectivity index (χ0n) is 16.4. The van der Waals surface area contributed by atoms with E-state index in [1.54, 1.807) is 0 Å². The van der Waals surface area contributed by atoms with E-state index in [9.17, 15) is 14.4 Å². The summed E-state index contributed by atoms with van der Waals surface area (Å²) in [6.45, 7) is 3.92. The normalized spacial score (nSPS) is 34.4. The highest BCUT2D eigenvalue weighted by atomic mass is 16.2. The van der Waals surface area contributed by atoms with Crippen molar-refractivity contribution in [2.45, 2.75) is 33.1 Å². The molecule has 1 aliphatic heterocycles. The Hall–Kier alpha value is -2.43. The minimum atomic E-state index is -0.290. The van der Waals surface area contributed by atoms with Gasteiger partial charge in [0, 0.05) is 5.69 Å². The fraction of sp³-hybridized carbons (Fsp3) is 0.522. The largest absolute Gasteiger partial charge is 0.324 e. The van der Waals surface area contributed by atoms with E-state index in [0.29, 0.717) is 11.8 Å². The summed E-state index contributed by atoms with van der Waals surface area (Å²) in [6, 6.07) is 6.01. The van der Waals surface area contributed by atoms with E-state index < -0.39 is 0 Å². The number of imide groups is 1. The van der Waals surface area contributed by atoms with Gasteiger partial charge in [0.15, 0.2) is 0 Å². The van der Waals surface area contributed by atoms with Gasteiger partial charge in [-0.05, 0) is 54.1 Å². The number of carbonyl (C=O) groups excluding carboxylic acids is 3. The molecule has 5 aliphatic rings. The van der Waals surface area contributed by atoms with Crippen LogP contribution in [0.25, 0.3) is 0 Å². The molecule has 1 N–H and O–H groups in total. The van der Waals surface area contributed by atoms with Crippen LogP contribution in [0, 0.1) is 35.5 Å². The van der Waals surface area contributed by atoms with Crippen molar-refractivity contribution >= 4 is 23.4 Å². The third kappa shape index (κ3) is 2.41. The number of para-hydroxylation sites is 1. The quantitative estimate of drug-likeness (QED) is 0.633. The second kappa shape index (κ2) is 6.29. The molecule has 6 rings (SSSR count). The van der Waals surface area contributed by atoms with Crippen LogP contribution in [-0.4, -0.2) is 29.2 Å². The van der Waals surface area contributed by atoms with Crippen LogP contribution in [0.1, 0.15) is 31.4 Å². The third-order valence-electron chi connectivity index (χ3n) is 7.32. The molecule has 3 amide bonds. The van der Waals surface area contributed by atoms with E-state index >= 15 is 0 Å². The maximum Gasteiger partial charge on any atom is 0.244 e. The molecule has 0 radical (unpaired) electrons. The second-order valence-corrected chi connectivity index (χ2v) is 8.62. The van der Waals surface area contributed by atoms with Crippen LogP contribution in [0.2, 0.25) is 0 Å². The summed E-state index contributed by atoms with van der Waals surface area (Å²) >= 11 is 0. The number of hydrogen-bond donors (Lipinski definition) is 1. The summed E-state index contributed by atoms with van der Waals surface area (Å²) in [5.41, 5.74) is 2.97. The number of nitrogens with zero attached hydrogens (tertiary/aromatic N) is 1. The number of likely N-dealkylation sites (tertiary alicyclic amines) is 1. The van der Waals surface area contributed by atoms with Crippen LogP contribution >= 0.6 is 0 Å². The number of carbonyl (C=O) groups is 3. The number of allylic oxidation sites excluding steroid dienone is 2. The third-order valence-corrected chi connectivity index (χ3v) is 7.32. The SMILES string of the molecule is CCc1cccc(CC)c1NC(=O)CN1C(=O)[C@@H]2[C@H]3C=C[C@@H]([C@@H]4C[C@H]34)[C@H]2C1=O. The molecule has 3 fully saturated rings. The van der Waals surface area contributed by atoms with Crippen molar-refractivity contribution in [2.24, 2.45) is 35.5 Å². The molecule has 6 atom stereocenters. The number of hydrogen-bond acceptors (Lipinski definition) is 3. The summed E-state index contributed by atoms with van der Waals surface area (Å²) in [4.78, 5) is 40.1. The van der Waals surface area contributed by atoms with Crippen molar-refractivity contribution in [3.8, 4) is 0 Å². The molecule has 5 heteroatoms. The van der Waals surface area contributed by atoms with Gasteiger partial charge in [-0.1, -0.05) is 44.2 Å². The minimum absolute atomic E-state index is 0.144. The average molecular weight is 378 g/mol. The molecule has 28 heavy (non-hydrogen) atoms. The lowest BCUT2D eigenvalue weighted by molar-refractivity contribution is -0.142. The van der Waals surface area contributed by atoms with Gasteiger partial charge in [0.2, 0.25) is 17.7 Å². The number of amides is 3. The van der Waals surface area contributed by atoms with Gasteiger partial charge in [0.1, 0.15) is 6.54 Å². The number of anilines is 1. The number of benzene rings is 1. The lowest BCUT2D eigenvalue weighted by atomic mass is 9.63. The molecule has 1 aromatic carbocycles. The van der Waals surface area contributed by atoms with Gasteiger partial charge in [0.25, 0.3) is 0 Å². The van der Waals surface area contributed by atoms with Crippen LogP contribution in [0.4, 0.5) is 5.69 Å². The van der Waals surface area contributed by atoms with Crippen LogP contribution in [0.5, 0.6) is 0 Å². The average Bonchev–Trinajstić information content (AvgIpc) is 3.49. The van der Waals surface area contributed by atoms with Gasteiger partial charge in [0.05, 0.1) is 11.8 Å². The van der Waals surface area contributed by atoms with Gasteiger partial charge < -0.3 is 5.32 Å². The first kappa shape index (κ1) is 17.7. The lowest BCUT2D eigenvalue weighted by Gasteiger charge is -2.37. The molecule has 1 heterocycles. The highest BCUT2D eigenvalue weighted by molar-refractivity contribution is 6.09. The predicted molar refractivity (Wildman–Crippen MR) is 105 cm³/mol. The van der Waals surface area contributed by atoms with Crippen LogP contribution in [-0.2, 0) is 27.2 Å². The predicted octanol–water partition coefficient (Wildman–Crippen LogP) is 2.80. The van der Waals surface area contributed by atoms with Crippen molar-refractivity contribution in [2.75, 3.05) is 11.9 Å².